The van der Waals surface area contributed by atoms with E-state index in [0.29, 0.717) is 11.5 Å². The Bertz CT molecular complexity index is 2650. The Morgan fingerprint density at radius 1 is 0.545 bits per heavy atom. The van der Waals surface area contributed by atoms with Crippen molar-refractivity contribution in [1.82, 2.24) is 9.97 Å². The van der Waals surface area contributed by atoms with Crippen LogP contribution in [-0.2, 0) is 20.1 Å². The number of anilines is 3. The monoisotopic (exact) mass is 890 g/mol. The molecule has 0 aliphatic carbocycles. The van der Waals surface area contributed by atoms with Crippen LogP contribution in [0.4, 0.5) is 17.1 Å². The summed E-state index contributed by atoms with van der Waals surface area (Å²) in [5.74, 6) is 2.99. The number of para-hydroxylation sites is 4. The first-order valence-corrected chi connectivity index (χ1v) is 18.0. The second-order valence-corrected chi connectivity index (χ2v) is 13.5. The number of pyridine rings is 2. The first-order chi connectivity index (χ1) is 26.5. The van der Waals surface area contributed by atoms with E-state index in [9.17, 15) is 0 Å². The van der Waals surface area contributed by atoms with E-state index in [1.165, 1.54) is 27.8 Å². The summed E-state index contributed by atoms with van der Waals surface area (Å²) in [4.78, 5) is 11.4. The number of aromatic nitrogens is 2. The number of rotatable bonds is 4. The number of nitrogens with zero attached hydrogens (tertiary/aromatic N) is 3. The first-order valence-electron chi connectivity index (χ1n) is 18.0. The third-order valence-corrected chi connectivity index (χ3v) is 9.80. The van der Waals surface area contributed by atoms with Crippen molar-refractivity contribution in [3.63, 3.8) is 0 Å². The molecule has 0 spiro atoms. The van der Waals surface area contributed by atoms with Crippen molar-refractivity contribution < 1.29 is 29.6 Å². The Hall–Kier alpha value is -6.33. The van der Waals surface area contributed by atoms with Gasteiger partial charge in [-0.1, -0.05) is 103 Å². The molecule has 8 aromatic rings. The Labute approximate surface area is 335 Å². The molecule has 0 bridgehead atoms. The third-order valence-electron chi connectivity index (χ3n) is 9.80. The van der Waals surface area contributed by atoms with E-state index in [1.807, 2.05) is 85.2 Å². The molecule has 0 N–H and O–H groups in total. The van der Waals surface area contributed by atoms with E-state index in [2.05, 4.69) is 121 Å². The number of hydrogen-bond donors (Lipinski definition) is 0. The molecule has 0 amide bonds. The maximum Gasteiger partial charge on any atom is 0.138 e. The van der Waals surface area contributed by atoms with Gasteiger partial charge in [0.2, 0.25) is 0 Å². The van der Waals surface area contributed by atoms with Gasteiger partial charge in [-0.15, -0.1) is 47.5 Å². The summed E-state index contributed by atoms with van der Waals surface area (Å²) >= 11 is 0. The fourth-order valence-corrected chi connectivity index (χ4v) is 7.01. The molecule has 0 fully saturated rings. The number of hydrogen-bond acceptors (Lipinski definition) is 5. The van der Waals surface area contributed by atoms with E-state index < -0.39 is 0 Å². The molecule has 4 heterocycles. The van der Waals surface area contributed by atoms with Gasteiger partial charge in [0, 0.05) is 38.2 Å². The van der Waals surface area contributed by atoms with Crippen LogP contribution in [-0.4, -0.2) is 9.97 Å². The van der Waals surface area contributed by atoms with Crippen molar-refractivity contribution in [2.45, 2.75) is 20.8 Å². The van der Waals surface area contributed by atoms with Crippen molar-refractivity contribution in [1.29, 1.82) is 0 Å². The quantitative estimate of drug-likeness (QED) is 0.165. The van der Waals surface area contributed by atoms with Gasteiger partial charge in [0.25, 0.3) is 0 Å². The van der Waals surface area contributed by atoms with Crippen LogP contribution in [0.15, 0.2) is 158 Å². The molecular weight excluding hydrogens is 855 g/mol. The summed E-state index contributed by atoms with van der Waals surface area (Å²) in [6, 6.07) is 55.9. The summed E-state index contributed by atoms with van der Waals surface area (Å²) in [7, 11) is 0. The minimum Gasteiger partial charge on any atom is -0.497 e. The third kappa shape index (κ3) is 6.83. The van der Waals surface area contributed by atoms with Crippen molar-refractivity contribution in [2.75, 3.05) is 4.90 Å². The topological polar surface area (TPSA) is 47.5 Å². The summed E-state index contributed by atoms with van der Waals surface area (Å²) in [5, 5.41) is 0. The average molecular weight is 890 g/mol. The van der Waals surface area contributed by atoms with Gasteiger partial charge in [0.15, 0.2) is 0 Å². The predicted molar refractivity (Wildman–Crippen MR) is 217 cm³/mol. The van der Waals surface area contributed by atoms with E-state index in [4.69, 9.17) is 9.47 Å². The molecule has 2 aromatic heterocycles. The molecule has 6 heteroatoms. The number of ether oxygens (including phenoxy) is 2. The predicted octanol–water partition coefficient (Wildman–Crippen LogP) is 13.0. The molecule has 0 saturated carbocycles. The van der Waals surface area contributed by atoms with Crippen LogP contribution in [0.2, 0.25) is 0 Å². The fourth-order valence-electron chi connectivity index (χ4n) is 7.01. The van der Waals surface area contributed by atoms with Gasteiger partial charge in [-0.2, -0.15) is 0 Å². The molecule has 6 aromatic carbocycles. The van der Waals surface area contributed by atoms with Crippen molar-refractivity contribution in [3.05, 3.63) is 187 Å². The molecule has 55 heavy (non-hydrogen) atoms. The molecule has 0 saturated heterocycles. The van der Waals surface area contributed by atoms with Gasteiger partial charge in [-0.3, -0.25) is 0 Å². The van der Waals surface area contributed by atoms with Gasteiger partial charge in [0.1, 0.15) is 11.5 Å². The second kappa shape index (κ2) is 15.2. The summed E-state index contributed by atoms with van der Waals surface area (Å²) in [5.41, 5.74) is 14.9. The van der Waals surface area contributed by atoms with Gasteiger partial charge in [0.05, 0.1) is 22.9 Å². The van der Waals surface area contributed by atoms with Gasteiger partial charge in [-0.25, -0.2) is 0 Å². The molecule has 2 aliphatic rings. The van der Waals surface area contributed by atoms with Gasteiger partial charge >= 0.3 is 0 Å². The minimum absolute atomic E-state index is 0. The molecule has 10 rings (SSSR count). The van der Waals surface area contributed by atoms with Crippen LogP contribution in [0, 0.1) is 32.9 Å². The summed E-state index contributed by atoms with van der Waals surface area (Å²) in [6.45, 7) is 6.33. The number of aryl methyl sites for hydroxylation is 3. The number of fused-ring (bicyclic) bond motifs is 4. The van der Waals surface area contributed by atoms with Crippen molar-refractivity contribution in [2.24, 2.45) is 0 Å². The Balaban J connectivity index is 0.000000169. The normalized spacial score (nSPS) is 11.7. The molecule has 0 atom stereocenters. The van der Waals surface area contributed by atoms with Crippen molar-refractivity contribution >= 4 is 17.1 Å². The maximum atomic E-state index is 6.48. The van der Waals surface area contributed by atoms with E-state index in [1.54, 1.807) is 0 Å². The zero-order chi connectivity index (χ0) is 36.6. The standard InChI is InChI=1S/C29H17N2O2.C20H18N.Ir/c1-2-8-19(9-3-1)20-16-17-30-22(18-20)21-14-15-27-28-29(21)33-26-13-7-5-11-24(26)31(28)23-10-4-6-12-25(23)32-27;1-14-8-10-17(11-9-14)20-12-19(16(3)13-21-20)18-7-5-4-6-15(18)2;/h1-13,15-18H;4-10,12-13H,1-3H3;/q2*-1;. The largest absolute Gasteiger partial charge is 0.497 e. The van der Waals surface area contributed by atoms with E-state index >= 15 is 0 Å². The molecule has 269 valence electrons. The Morgan fingerprint density at radius 3 is 2.00 bits per heavy atom. The van der Waals surface area contributed by atoms with Gasteiger partial charge < -0.3 is 24.3 Å². The van der Waals surface area contributed by atoms with E-state index in [0.717, 1.165) is 62.2 Å². The van der Waals surface area contributed by atoms with Crippen LogP contribution in [0.1, 0.15) is 16.7 Å². The van der Waals surface area contributed by atoms with Gasteiger partial charge in [-0.05, 0) is 88.9 Å². The molecular formula is C49H35IrN3O2-2. The first kappa shape index (κ1) is 35.7. The van der Waals surface area contributed by atoms with Crippen LogP contribution < -0.4 is 14.4 Å². The average Bonchev–Trinajstić information content (AvgIpc) is 3.22. The van der Waals surface area contributed by atoms with Crippen LogP contribution >= 0.6 is 0 Å². The van der Waals surface area contributed by atoms with E-state index in [-0.39, 0.29) is 20.1 Å². The van der Waals surface area contributed by atoms with Crippen molar-refractivity contribution in [3.8, 4) is 67.8 Å². The van der Waals surface area contributed by atoms with Crippen LogP contribution in [0.5, 0.6) is 23.0 Å². The van der Waals surface area contributed by atoms with Crippen LogP contribution in [0.25, 0.3) is 44.8 Å². The Morgan fingerprint density at radius 2 is 1.25 bits per heavy atom. The minimum atomic E-state index is 0. The maximum absolute atomic E-state index is 6.48. The fraction of sp³-hybridized carbons (Fsp3) is 0.0612. The molecule has 2 aliphatic heterocycles. The smallest absolute Gasteiger partial charge is 0.138 e. The summed E-state index contributed by atoms with van der Waals surface area (Å²) < 4.78 is 12.7. The summed E-state index contributed by atoms with van der Waals surface area (Å²) in [6.07, 6.45) is 3.78. The van der Waals surface area contributed by atoms with Crippen LogP contribution in [0.3, 0.4) is 0 Å². The second-order valence-electron chi connectivity index (χ2n) is 13.5. The SMILES string of the molecule is Cc1c[c-]c(-c2cc(-c3ccccc3C)c(C)cn2)cc1.[Ir].[c-]1cc2c3c(c1-c1cc(-c4ccccc4)ccn1)Oc1ccccc1N3c1ccccc1O2. The molecule has 1 radical (unpaired) electrons. The zero-order valence-corrected chi connectivity index (χ0v) is 32.9. The molecule has 0 unspecified atom stereocenters. The zero-order valence-electron chi connectivity index (χ0n) is 30.5. The number of benzene rings is 6. The molecule has 5 nitrogen and oxygen atoms in total. The Kier molecular flexibility index (Phi) is 9.86.